The number of thiocarbonyl (C=S) groups is 1. The lowest BCUT2D eigenvalue weighted by Crippen LogP contribution is -2.25. The minimum atomic E-state index is 0.0840. The van der Waals surface area contributed by atoms with E-state index < -0.39 is 0 Å². The molecular formula is C16H15N3OS. The molecule has 0 aliphatic carbocycles. The van der Waals surface area contributed by atoms with Crippen LogP contribution in [-0.2, 0) is 0 Å². The Morgan fingerprint density at radius 1 is 1.14 bits per heavy atom. The van der Waals surface area contributed by atoms with E-state index in [1.165, 1.54) is 0 Å². The number of nitrogens with one attached hydrogen (secondary N) is 1. The van der Waals surface area contributed by atoms with Crippen molar-refractivity contribution in [1.82, 2.24) is 5.43 Å². The van der Waals surface area contributed by atoms with E-state index in [1.807, 2.05) is 48.6 Å². The van der Waals surface area contributed by atoms with Crippen molar-refractivity contribution in [1.29, 1.82) is 0 Å². The number of allylic oxidation sites excluding steroid dienone is 1. The Kier molecular flexibility index (Phi) is 5.06. The predicted octanol–water partition coefficient (Wildman–Crippen LogP) is 2.64. The highest BCUT2D eigenvalue weighted by molar-refractivity contribution is 7.80. The standard InChI is InChI=1S/C16H15N3OS/c17-16(21)19-18-15(13-7-4-8-14(20)11-13)10-9-12-5-2-1-3-6-12/h1-11,20H,(H3,17,19,21)/b10-9+,18-15+. The normalized spacial score (nSPS) is 11.5. The van der Waals surface area contributed by atoms with Gasteiger partial charge in [-0.3, -0.25) is 5.43 Å². The maximum Gasteiger partial charge on any atom is 0.184 e. The van der Waals surface area contributed by atoms with Crippen LogP contribution in [-0.4, -0.2) is 15.9 Å². The molecule has 0 unspecified atom stereocenters. The summed E-state index contributed by atoms with van der Waals surface area (Å²) in [5.74, 6) is 0.170. The van der Waals surface area contributed by atoms with Gasteiger partial charge in [0, 0.05) is 5.56 Å². The zero-order valence-corrected chi connectivity index (χ0v) is 12.0. The van der Waals surface area contributed by atoms with E-state index >= 15 is 0 Å². The van der Waals surface area contributed by atoms with E-state index in [-0.39, 0.29) is 10.9 Å². The van der Waals surface area contributed by atoms with Gasteiger partial charge in [0.2, 0.25) is 0 Å². The topological polar surface area (TPSA) is 70.6 Å². The molecule has 0 aliphatic rings. The Morgan fingerprint density at radius 3 is 2.57 bits per heavy atom. The van der Waals surface area contributed by atoms with E-state index in [9.17, 15) is 5.11 Å². The molecule has 5 heteroatoms. The number of nitrogens with zero attached hydrogens (tertiary/aromatic N) is 1. The van der Waals surface area contributed by atoms with Crippen molar-refractivity contribution in [3.05, 3.63) is 71.8 Å². The number of benzene rings is 2. The number of phenolic OH excluding ortho intramolecular Hbond substituents is 1. The van der Waals surface area contributed by atoms with Gasteiger partial charge in [-0.1, -0.05) is 48.5 Å². The molecule has 0 amide bonds. The molecule has 0 atom stereocenters. The number of nitrogens with two attached hydrogens (primary N) is 1. The molecule has 0 heterocycles. The summed E-state index contributed by atoms with van der Waals surface area (Å²) in [6.07, 6.45) is 3.75. The van der Waals surface area contributed by atoms with Crippen LogP contribution >= 0.6 is 12.2 Å². The van der Waals surface area contributed by atoms with Gasteiger partial charge in [0.1, 0.15) is 5.75 Å². The minimum absolute atomic E-state index is 0.0840. The fourth-order valence-corrected chi connectivity index (χ4v) is 1.76. The molecule has 0 fully saturated rings. The van der Waals surface area contributed by atoms with Crippen LogP contribution in [0.1, 0.15) is 11.1 Å². The van der Waals surface area contributed by atoms with Gasteiger partial charge >= 0.3 is 0 Å². The molecule has 21 heavy (non-hydrogen) atoms. The van der Waals surface area contributed by atoms with E-state index in [1.54, 1.807) is 18.2 Å². The average molecular weight is 297 g/mol. The second-order valence-corrected chi connectivity index (χ2v) is 4.71. The van der Waals surface area contributed by atoms with Crippen molar-refractivity contribution in [3.8, 4) is 5.75 Å². The molecule has 2 aromatic carbocycles. The number of phenols is 1. The largest absolute Gasteiger partial charge is 0.508 e. The van der Waals surface area contributed by atoms with Crippen LogP contribution < -0.4 is 11.2 Å². The molecule has 0 saturated carbocycles. The van der Waals surface area contributed by atoms with Gasteiger partial charge in [-0.15, -0.1) is 0 Å². The fraction of sp³-hybridized carbons (Fsp3) is 0. The first-order chi connectivity index (χ1) is 10.1. The molecule has 0 aliphatic heterocycles. The van der Waals surface area contributed by atoms with E-state index in [4.69, 9.17) is 18.0 Å². The highest BCUT2D eigenvalue weighted by Crippen LogP contribution is 2.13. The summed E-state index contributed by atoms with van der Waals surface area (Å²) in [7, 11) is 0. The van der Waals surface area contributed by atoms with Crippen LogP contribution in [0.15, 0.2) is 65.8 Å². The third-order valence-corrected chi connectivity index (χ3v) is 2.75. The van der Waals surface area contributed by atoms with Crippen LogP contribution in [0.2, 0.25) is 0 Å². The fourth-order valence-electron chi connectivity index (χ4n) is 1.72. The highest BCUT2D eigenvalue weighted by Gasteiger charge is 2.01. The zero-order chi connectivity index (χ0) is 15.1. The first kappa shape index (κ1) is 14.7. The minimum Gasteiger partial charge on any atom is -0.508 e. The molecule has 0 saturated heterocycles. The molecule has 4 N–H and O–H groups in total. The van der Waals surface area contributed by atoms with E-state index in [0.29, 0.717) is 5.71 Å². The zero-order valence-electron chi connectivity index (χ0n) is 11.2. The summed E-state index contributed by atoms with van der Waals surface area (Å²) in [6.45, 7) is 0. The summed E-state index contributed by atoms with van der Waals surface area (Å²) < 4.78 is 0. The number of rotatable bonds is 4. The maximum absolute atomic E-state index is 9.57. The Hall–Kier alpha value is -2.66. The monoisotopic (exact) mass is 297 g/mol. The lowest BCUT2D eigenvalue weighted by Gasteiger charge is -2.04. The van der Waals surface area contributed by atoms with Gasteiger partial charge in [-0.2, -0.15) is 5.10 Å². The maximum atomic E-state index is 9.57. The average Bonchev–Trinajstić information content (AvgIpc) is 2.48. The van der Waals surface area contributed by atoms with Crippen LogP contribution in [0.25, 0.3) is 6.08 Å². The lowest BCUT2D eigenvalue weighted by atomic mass is 10.1. The first-order valence-corrected chi connectivity index (χ1v) is 6.71. The van der Waals surface area contributed by atoms with Crippen molar-refractivity contribution < 1.29 is 5.11 Å². The summed E-state index contributed by atoms with van der Waals surface area (Å²) in [4.78, 5) is 0. The molecule has 4 nitrogen and oxygen atoms in total. The van der Waals surface area contributed by atoms with Crippen molar-refractivity contribution in [2.45, 2.75) is 0 Å². The van der Waals surface area contributed by atoms with E-state index in [0.717, 1.165) is 11.1 Å². The van der Waals surface area contributed by atoms with Gasteiger partial charge in [0.15, 0.2) is 5.11 Å². The Morgan fingerprint density at radius 2 is 1.90 bits per heavy atom. The van der Waals surface area contributed by atoms with Gasteiger partial charge in [-0.25, -0.2) is 0 Å². The summed E-state index contributed by atoms with van der Waals surface area (Å²) in [6, 6.07) is 16.6. The third kappa shape index (κ3) is 4.74. The summed E-state index contributed by atoms with van der Waals surface area (Å²) >= 11 is 4.75. The number of hydrogen-bond donors (Lipinski definition) is 3. The summed E-state index contributed by atoms with van der Waals surface area (Å²) in [5.41, 5.74) is 10.4. The molecular weight excluding hydrogens is 282 g/mol. The number of hydrogen-bond acceptors (Lipinski definition) is 3. The molecule has 0 aromatic heterocycles. The first-order valence-electron chi connectivity index (χ1n) is 6.31. The second-order valence-electron chi connectivity index (χ2n) is 4.27. The molecule has 0 bridgehead atoms. The Balaban J connectivity index is 2.31. The number of aromatic hydroxyl groups is 1. The van der Waals surface area contributed by atoms with Crippen LogP contribution in [0, 0.1) is 0 Å². The predicted molar refractivity (Wildman–Crippen MR) is 90.0 cm³/mol. The molecule has 0 spiro atoms. The molecule has 2 rings (SSSR count). The molecule has 2 aromatic rings. The quantitative estimate of drug-likeness (QED) is 0.461. The van der Waals surface area contributed by atoms with Crippen molar-refractivity contribution >= 4 is 29.1 Å². The van der Waals surface area contributed by atoms with Gasteiger partial charge in [-0.05, 0) is 36.0 Å². The van der Waals surface area contributed by atoms with E-state index in [2.05, 4.69) is 10.5 Å². The van der Waals surface area contributed by atoms with Crippen LogP contribution in [0.3, 0.4) is 0 Å². The number of hydrazone groups is 1. The van der Waals surface area contributed by atoms with Crippen molar-refractivity contribution in [3.63, 3.8) is 0 Å². The van der Waals surface area contributed by atoms with Crippen molar-refractivity contribution in [2.75, 3.05) is 0 Å². The van der Waals surface area contributed by atoms with Gasteiger partial charge < -0.3 is 10.8 Å². The smallest absolute Gasteiger partial charge is 0.184 e. The molecule has 0 radical (unpaired) electrons. The van der Waals surface area contributed by atoms with Gasteiger partial charge in [0.25, 0.3) is 0 Å². The lowest BCUT2D eigenvalue weighted by molar-refractivity contribution is 0.475. The van der Waals surface area contributed by atoms with Gasteiger partial charge in [0.05, 0.1) is 5.71 Å². The molecule has 106 valence electrons. The Bertz CT molecular complexity index is 681. The second kappa shape index (κ2) is 7.21. The third-order valence-electron chi connectivity index (χ3n) is 2.66. The SMILES string of the molecule is NC(=S)N/N=C(\C=C\c1ccccc1)c1cccc(O)c1. The highest BCUT2D eigenvalue weighted by atomic mass is 32.1. The Labute approximate surface area is 128 Å². The van der Waals surface area contributed by atoms with Crippen LogP contribution in [0.5, 0.6) is 5.75 Å². The van der Waals surface area contributed by atoms with Crippen LogP contribution in [0.4, 0.5) is 0 Å². The summed E-state index contributed by atoms with van der Waals surface area (Å²) in [5, 5.41) is 13.8. The van der Waals surface area contributed by atoms with Crippen molar-refractivity contribution in [2.24, 2.45) is 10.8 Å².